The fourth-order valence-corrected chi connectivity index (χ4v) is 4.41. The molecule has 2 fully saturated rings. The second-order valence-electron chi connectivity index (χ2n) is 6.70. The first-order valence-electron chi connectivity index (χ1n) is 8.73. The normalized spacial score (nSPS) is 26.3. The van der Waals surface area contributed by atoms with Gasteiger partial charge in [-0.15, -0.1) is 0 Å². The van der Waals surface area contributed by atoms with Crippen molar-refractivity contribution >= 4 is 29.6 Å². The SMILES string of the molecule is CN1C(=O)C(CC(=O)NC2CCC(Sc3ncccn3)CC2)N(C)C1=O. The molecule has 1 saturated heterocycles. The Morgan fingerprint density at radius 3 is 2.42 bits per heavy atom. The molecule has 0 aromatic carbocycles. The van der Waals surface area contributed by atoms with E-state index in [-0.39, 0.29) is 30.3 Å². The maximum atomic E-state index is 12.3. The maximum Gasteiger partial charge on any atom is 0.326 e. The van der Waals surface area contributed by atoms with Crippen LogP contribution in [0, 0.1) is 0 Å². The smallest absolute Gasteiger partial charge is 0.326 e. The van der Waals surface area contributed by atoms with Crippen LogP contribution in [0.15, 0.2) is 23.6 Å². The first-order chi connectivity index (χ1) is 12.5. The maximum absolute atomic E-state index is 12.3. The summed E-state index contributed by atoms with van der Waals surface area (Å²) in [4.78, 5) is 47.0. The molecule has 2 heterocycles. The molecule has 1 aromatic rings. The number of thioether (sulfide) groups is 1. The number of carbonyl (C=O) groups excluding carboxylic acids is 3. The first-order valence-corrected chi connectivity index (χ1v) is 9.61. The average molecular weight is 377 g/mol. The number of aromatic nitrogens is 2. The zero-order valence-corrected chi connectivity index (χ0v) is 15.7. The number of amides is 4. The first kappa shape index (κ1) is 18.6. The molecule has 1 saturated carbocycles. The van der Waals surface area contributed by atoms with E-state index < -0.39 is 6.04 Å². The Morgan fingerprint density at radius 1 is 1.19 bits per heavy atom. The number of carbonyl (C=O) groups is 3. The minimum Gasteiger partial charge on any atom is -0.353 e. The molecule has 0 bridgehead atoms. The molecule has 0 spiro atoms. The van der Waals surface area contributed by atoms with E-state index in [0.717, 1.165) is 35.7 Å². The second kappa shape index (κ2) is 8.03. The van der Waals surface area contributed by atoms with E-state index >= 15 is 0 Å². The molecule has 3 rings (SSSR count). The van der Waals surface area contributed by atoms with Crippen molar-refractivity contribution < 1.29 is 14.4 Å². The average Bonchev–Trinajstić information content (AvgIpc) is 2.82. The summed E-state index contributed by atoms with van der Waals surface area (Å²) in [6.07, 6.45) is 7.25. The standard InChI is InChI=1S/C17H23N5O3S/c1-21-13(15(24)22(2)17(21)25)10-14(23)20-11-4-6-12(7-5-11)26-16-18-8-3-9-19-16/h3,8-9,11-13H,4-7,10H2,1-2H3,(H,20,23). The molecule has 8 nitrogen and oxygen atoms in total. The summed E-state index contributed by atoms with van der Waals surface area (Å²) in [5.74, 6) is -0.503. The van der Waals surface area contributed by atoms with Crippen molar-refractivity contribution in [2.75, 3.05) is 14.1 Å². The van der Waals surface area contributed by atoms with Gasteiger partial charge in [-0.05, 0) is 31.7 Å². The lowest BCUT2D eigenvalue weighted by atomic mass is 9.94. The van der Waals surface area contributed by atoms with Crippen LogP contribution in [-0.4, -0.2) is 69.0 Å². The van der Waals surface area contributed by atoms with E-state index in [1.54, 1.807) is 37.3 Å². The lowest BCUT2D eigenvalue weighted by molar-refractivity contribution is -0.131. The van der Waals surface area contributed by atoms with Gasteiger partial charge in [-0.3, -0.25) is 14.5 Å². The largest absolute Gasteiger partial charge is 0.353 e. The molecule has 1 atom stereocenters. The summed E-state index contributed by atoms with van der Waals surface area (Å²) < 4.78 is 0. The van der Waals surface area contributed by atoms with Gasteiger partial charge in [-0.1, -0.05) is 11.8 Å². The number of nitrogens with zero attached hydrogens (tertiary/aromatic N) is 4. The van der Waals surface area contributed by atoms with Crippen molar-refractivity contribution in [2.24, 2.45) is 0 Å². The highest BCUT2D eigenvalue weighted by molar-refractivity contribution is 7.99. The van der Waals surface area contributed by atoms with Gasteiger partial charge in [0.05, 0.1) is 6.42 Å². The van der Waals surface area contributed by atoms with Gasteiger partial charge in [0.15, 0.2) is 5.16 Å². The van der Waals surface area contributed by atoms with Crippen LogP contribution in [0.3, 0.4) is 0 Å². The van der Waals surface area contributed by atoms with E-state index in [1.807, 2.05) is 0 Å². The van der Waals surface area contributed by atoms with Crippen LogP contribution in [0.1, 0.15) is 32.1 Å². The van der Waals surface area contributed by atoms with Crippen LogP contribution in [0.4, 0.5) is 4.79 Å². The van der Waals surface area contributed by atoms with Crippen LogP contribution < -0.4 is 5.32 Å². The van der Waals surface area contributed by atoms with Crippen molar-refractivity contribution in [1.29, 1.82) is 0 Å². The highest BCUT2D eigenvalue weighted by Gasteiger charge is 2.41. The third-order valence-electron chi connectivity index (χ3n) is 4.90. The van der Waals surface area contributed by atoms with Gasteiger partial charge in [0.25, 0.3) is 5.91 Å². The molecule has 1 aliphatic heterocycles. The van der Waals surface area contributed by atoms with Gasteiger partial charge in [-0.2, -0.15) is 0 Å². The number of urea groups is 1. The highest BCUT2D eigenvalue weighted by Crippen LogP contribution is 2.31. The van der Waals surface area contributed by atoms with Crippen molar-refractivity contribution in [2.45, 2.75) is 54.6 Å². The summed E-state index contributed by atoms with van der Waals surface area (Å²) in [7, 11) is 2.99. The zero-order chi connectivity index (χ0) is 18.7. The number of hydrogen-bond acceptors (Lipinski definition) is 6. The fourth-order valence-electron chi connectivity index (χ4n) is 3.36. The Balaban J connectivity index is 1.44. The highest BCUT2D eigenvalue weighted by atomic mass is 32.2. The Morgan fingerprint density at radius 2 is 1.85 bits per heavy atom. The number of hydrogen-bond donors (Lipinski definition) is 1. The van der Waals surface area contributed by atoms with Crippen LogP contribution in [0.25, 0.3) is 0 Å². The van der Waals surface area contributed by atoms with E-state index in [2.05, 4.69) is 15.3 Å². The Labute approximate surface area is 156 Å². The molecular formula is C17H23N5O3S. The van der Waals surface area contributed by atoms with E-state index in [4.69, 9.17) is 0 Å². The third kappa shape index (κ3) is 4.14. The van der Waals surface area contributed by atoms with Crippen LogP contribution in [0.5, 0.6) is 0 Å². The van der Waals surface area contributed by atoms with Gasteiger partial charge in [0.1, 0.15) is 6.04 Å². The summed E-state index contributed by atoms with van der Waals surface area (Å²) in [5, 5.41) is 4.26. The molecule has 1 aromatic heterocycles. The van der Waals surface area contributed by atoms with Crippen molar-refractivity contribution in [3.05, 3.63) is 18.5 Å². The van der Waals surface area contributed by atoms with E-state index in [1.165, 1.54) is 11.9 Å². The molecule has 2 aliphatic rings. The van der Waals surface area contributed by atoms with Gasteiger partial charge in [0, 0.05) is 37.8 Å². The summed E-state index contributed by atoms with van der Waals surface area (Å²) in [6, 6.07) is 0.850. The van der Waals surface area contributed by atoms with Gasteiger partial charge < -0.3 is 10.2 Å². The Hall–Kier alpha value is -2.16. The van der Waals surface area contributed by atoms with Crippen LogP contribution in [0.2, 0.25) is 0 Å². The third-order valence-corrected chi connectivity index (χ3v) is 6.13. The molecule has 4 amide bonds. The quantitative estimate of drug-likeness (QED) is 0.613. The predicted molar refractivity (Wildman–Crippen MR) is 96.4 cm³/mol. The predicted octanol–water partition coefficient (Wildman–Crippen LogP) is 1.28. The number of rotatable bonds is 5. The number of nitrogens with one attached hydrogen (secondary N) is 1. The molecule has 9 heteroatoms. The molecule has 0 radical (unpaired) electrons. The van der Waals surface area contributed by atoms with E-state index in [9.17, 15) is 14.4 Å². The molecule has 140 valence electrons. The summed E-state index contributed by atoms with van der Waals surface area (Å²) >= 11 is 1.68. The van der Waals surface area contributed by atoms with Gasteiger partial charge in [-0.25, -0.2) is 14.8 Å². The zero-order valence-electron chi connectivity index (χ0n) is 14.9. The minimum absolute atomic E-state index is 0.0119. The topological polar surface area (TPSA) is 95.5 Å². The van der Waals surface area contributed by atoms with E-state index in [0.29, 0.717) is 5.25 Å². The molecule has 1 aliphatic carbocycles. The van der Waals surface area contributed by atoms with Crippen LogP contribution in [-0.2, 0) is 9.59 Å². The van der Waals surface area contributed by atoms with Crippen molar-refractivity contribution in [3.8, 4) is 0 Å². The lowest BCUT2D eigenvalue weighted by Crippen LogP contribution is -2.42. The van der Waals surface area contributed by atoms with Crippen molar-refractivity contribution in [3.63, 3.8) is 0 Å². The van der Waals surface area contributed by atoms with Gasteiger partial charge >= 0.3 is 6.03 Å². The van der Waals surface area contributed by atoms with Crippen molar-refractivity contribution in [1.82, 2.24) is 25.1 Å². The van der Waals surface area contributed by atoms with Gasteiger partial charge in [0.2, 0.25) is 5.91 Å². The fraction of sp³-hybridized carbons (Fsp3) is 0.588. The lowest BCUT2D eigenvalue weighted by Gasteiger charge is -2.28. The molecule has 1 unspecified atom stereocenters. The molecule has 1 N–H and O–H groups in total. The number of likely N-dealkylation sites (N-methyl/N-ethyl adjacent to an activating group) is 2. The Bertz CT molecular complexity index is 678. The second-order valence-corrected chi connectivity index (χ2v) is 7.97. The van der Waals surface area contributed by atoms with Crippen LogP contribution >= 0.6 is 11.8 Å². The minimum atomic E-state index is -0.699. The molecule has 26 heavy (non-hydrogen) atoms. The molecular weight excluding hydrogens is 354 g/mol. The Kier molecular flexibility index (Phi) is 5.75. The summed E-state index contributed by atoms with van der Waals surface area (Å²) in [5.41, 5.74) is 0. The summed E-state index contributed by atoms with van der Waals surface area (Å²) in [6.45, 7) is 0. The monoisotopic (exact) mass is 377 g/mol. The number of imide groups is 1.